The van der Waals surface area contributed by atoms with Gasteiger partial charge in [0.1, 0.15) is 11.9 Å². The second kappa shape index (κ2) is 4.37. The van der Waals surface area contributed by atoms with Gasteiger partial charge in [-0.2, -0.15) is 0 Å². The molecule has 2 N–H and O–H groups in total. The van der Waals surface area contributed by atoms with Crippen LogP contribution >= 0.6 is 0 Å². The van der Waals surface area contributed by atoms with Crippen LogP contribution in [0.1, 0.15) is 19.4 Å². The minimum absolute atomic E-state index is 0.00741. The van der Waals surface area contributed by atoms with Crippen molar-refractivity contribution in [2.75, 3.05) is 11.4 Å². The topological polar surface area (TPSA) is 55.6 Å². The number of anilines is 1. The van der Waals surface area contributed by atoms with Crippen LogP contribution in [0, 0.1) is 6.92 Å². The van der Waals surface area contributed by atoms with Crippen molar-refractivity contribution in [3.63, 3.8) is 0 Å². The molecule has 1 aromatic carbocycles. The quantitative estimate of drug-likeness (QED) is 0.800. The molecule has 0 saturated heterocycles. The van der Waals surface area contributed by atoms with Crippen molar-refractivity contribution in [1.82, 2.24) is 0 Å². The van der Waals surface area contributed by atoms with Gasteiger partial charge in [0.2, 0.25) is 5.91 Å². The molecule has 17 heavy (non-hydrogen) atoms. The summed E-state index contributed by atoms with van der Waals surface area (Å²) in [6, 6.07) is 5.34. The van der Waals surface area contributed by atoms with Crippen molar-refractivity contribution in [2.24, 2.45) is 5.73 Å². The first kappa shape index (κ1) is 11.9. The van der Waals surface area contributed by atoms with Crippen molar-refractivity contribution in [1.29, 1.82) is 0 Å². The van der Waals surface area contributed by atoms with Crippen molar-refractivity contribution in [2.45, 2.75) is 32.9 Å². The maximum Gasteiger partial charge on any atom is 0.243 e. The van der Waals surface area contributed by atoms with E-state index in [0.29, 0.717) is 6.54 Å². The largest absolute Gasteiger partial charge is 0.487 e. The van der Waals surface area contributed by atoms with Gasteiger partial charge in [-0.3, -0.25) is 4.79 Å². The zero-order valence-corrected chi connectivity index (χ0v) is 10.4. The smallest absolute Gasteiger partial charge is 0.243 e. The van der Waals surface area contributed by atoms with E-state index in [4.69, 9.17) is 10.5 Å². The van der Waals surface area contributed by atoms with Gasteiger partial charge < -0.3 is 15.4 Å². The average Bonchev–Trinajstić information content (AvgIpc) is 2.26. The first-order valence-electron chi connectivity index (χ1n) is 5.83. The molecule has 1 aliphatic rings. The molecule has 0 saturated carbocycles. The fourth-order valence-electron chi connectivity index (χ4n) is 2.00. The number of ether oxygens (including phenoxy) is 1. The highest BCUT2D eigenvalue weighted by Gasteiger charge is 2.28. The molecule has 0 fully saturated rings. The van der Waals surface area contributed by atoms with Crippen LogP contribution in [-0.4, -0.2) is 24.6 Å². The van der Waals surface area contributed by atoms with Crippen LogP contribution in [0.2, 0.25) is 0 Å². The lowest BCUT2D eigenvalue weighted by molar-refractivity contribution is -0.119. The summed E-state index contributed by atoms with van der Waals surface area (Å²) in [4.78, 5) is 13.8. The number of carbonyl (C=O) groups is 1. The molecular weight excluding hydrogens is 216 g/mol. The molecule has 1 aromatic rings. The second-order valence-electron chi connectivity index (χ2n) is 4.64. The van der Waals surface area contributed by atoms with Crippen LogP contribution in [0.5, 0.6) is 5.75 Å². The lowest BCUT2D eigenvalue weighted by Crippen LogP contribution is -2.48. The second-order valence-corrected chi connectivity index (χ2v) is 4.64. The fourth-order valence-corrected chi connectivity index (χ4v) is 2.00. The molecule has 0 aromatic heterocycles. The number of aryl methyl sites for hydroxylation is 1. The van der Waals surface area contributed by atoms with E-state index in [2.05, 4.69) is 0 Å². The summed E-state index contributed by atoms with van der Waals surface area (Å²) < 4.78 is 5.74. The maximum absolute atomic E-state index is 12.0. The first-order valence-corrected chi connectivity index (χ1v) is 5.83. The van der Waals surface area contributed by atoms with Gasteiger partial charge in [-0.1, -0.05) is 6.07 Å². The zero-order chi connectivity index (χ0) is 12.6. The van der Waals surface area contributed by atoms with E-state index in [9.17, 15) is 4.79 Å². The molecular formula is C13H18N2O2. The Bertz CT molecular complexity index is 443. The summed E-state index contributed by atoms with van der Waals surface area (Å²) in [6.45, 7) is 6.21. The van der Waals surface area contributed by atoms with Crippen LogP contribution in [0.25, 0.3) is 0 Å². The van der Waals surface area contributed by atoms with Gasteiger partial charge in [0, 0.05) is 0 Å². The van der Waals surface area contributed by atoms with Crippen molar-refractivity contribution >= 4 is 11.6 Å². The van der Waals surface area contributed by atoms with E-state index in [-0.39, 0.29) is 12.0 Å². The standard InChI is InChI=1S/C13H18N2O2/c1-8-4-5-11-12(6-8)17-9(2)7-15(11)13(16)10(3)14/h4-6,9-10H,7,14H2,1-3H3/t9-,10-/m1/s1. The highest BCUT2D eigenvalue weighted by atomic mass is 16.5. The van der Waals surface area contributed by atoms with Gasteiger partial charge >= 0.3 is 0 Å². The van der Waals surface area contributed by atoms with Crippen molar-refractivity contribution in [3.05, 3.63) is 23.8 Å². The van der Waals surface area contributed by atoms with Crippen molar-refractivity contribution in [3.8, 4) is 5.75 Å². The molecule has 4 nitrogen and oxygen atoms in total. The molecule has 0 bridgehead atoms. The number of amides is 1. The highest BCUT2D eigenvalue weighted by Crippen LogP contribution is 2.34. The fraction of sp³-hybridized carbons (Fsp3) is 0.462. The number of nitrogens with zero attached hydrogens (tertiary/aromatic N) is 1. The van der Waals surface area contributed by atoms with E-state index in [1.54, 1.807) is 11.8 Å². The normalized spacial score (nSPS) is 20.5. The SMILES string of the molecule is Cc1ccc2c(c1)O[C@H](C)CN2C(=O)[C@@H](C)N. The summed E-state index contributed by atoms with van der Waals surface area (Å²) in [5.41, 5.74) is 7.60. The monoisotopic (exact) mass is 234 g/mol. The van der Waals surface area contributed by atoms with E-state index < -0.39 is 6.04 Å². The predicted molar refractivity (Wildman–Crippen MR) is 67.3 cm³/mol. The molecule has 1 aliphatic heterocycles. The summed E-state index contributed by atoms with van der Waals surface area (Å²) in [5, 5.41) is 0. The molecule has 2 atom stereocenters. The van der Waals surface area contributed by atoms with Gasteiger partial charge in [0.15, 0.2) is 0 Å². The van der Waals surface area contributed by atoms with Crippen molar-refractivity contribution < 1.29 is 9.53 Å². The Morgan fingerprint density at radius 3 is 2.94 bits per heavy atom. The summed E-state index contributed by atoms with van der Waals surface area (Å²) in [5.74, 6) is 0.697. The molecule has 0 unspecified atom stereocenters. The van der Waals surface area contributed by atoms with Gasteiger partial charge in [-0.15, -0.1) is 0 Å². The van der Waals surface area contributed by atoms with Gasteiger partial charge in [0.05, 0.1) is 18.3 Å². The molecule has 0 spiro atoms. The summed E-state index contributed by atoms with van der Waals surface area (Å²) in [6.07, 6.45) is -0.00741. The van der Waals surface area contributed by atoms with Gasteiger partial charge in [0.25, 0.3) is 0 Å². The molecule has 0 radical (unpaired) electrons. The van der Waals surface area contributed by atoms with Gasteiger partial charge in [-0.25, -0.2) is 0 Å². The molecule has 92 valence electrons. The Labute approximate surface area is 101 Å². The number of hydrogen-bond acceptors (Lipinski definition) is 3. The van der Waals surface area contributed by atoms with E-state index in [1.165, 1.54) is 0 Å². The summed E-state index contributed by atoms with van der Waals surface area (Å²) >= 11 is 0. The predicted octanol–water partition coefficient (Wildman–Crippen LogP) is 1.46. The Balaban J connectivity index is 2.41. The van der Waals surface area contributed by atoms with Crippen LogP contribution in [0.4, 0.5) is 5.69 Å². The number of rotatable bonds is 1. The zero-order valence-electron chi connectivity index (χ0n) is 10.4. The Kier molecular flexibility index (Phi) is 3.07. The summed E-state index contributed by atoms with van der Waals surface area (Å²) in [7, 11) is 0. The first-order chi connectivity index (χ1) is 7.99. The minimum atomic E-state index is -0.491. The molecule has 1 amide bonds. The number of fused-ring (bicyclic) bond motifs is 1. The molecule has 2 rings (SSSR count). The third-order valence-electron chi connectivity index (χ3n) is 2.83. The van der Waals surface area contributed by atoms with E-state index in [0.717, 1.165) is 17.0 Å². The van der Waals surface area contributed by atoms with E-state index >= 15 is 0 Å². The number of nitrogens with two attached hydrogens (primary N) is 1. The van der Waals surface area contributed by atoms with Crippen LogP contribution < -0.4 is 15.4 Å². The lowest BCUT2D eigenvalue weighted by Gasteiger charge is -2.34. The Morgan fingerprint density at radius 2 is 2.29 bits per heavy atom. The van der Waals surface area contributed by atoms with Crippen LogP contribution in [0.3, 0.4) is 0 Å². The van der Waals surface area contributed by atoms with Crippen LogP contribution in [-0.2, 0) is 4.79 Å². The number of carbonyl (C=O) groups excluding carboxylic acids is 1. The van der Waals surface area contributed by atoms with Gasteiger partial charge in [-0.05, 0) is 38.5 Å². The average molecular weight is 234 g/mol. The maximum atomic E-state index is 12.0. The Hall–Kier alpha value is -1.55. The molecule has 1 heterocycles. The minimum Gasteiger partial charge on any atom is -0.487 e. The van der Waals surface area contributed by atoms with E-state index in [1.807, 2.05) is 32.0 Å². The van der Waals surface area contributed by atoms with Crippen LogP contribution in [0.15, 0.2) is 18.2 Å². The number of hydrogen-bond donors (Lipinski definition) is 1. The molecule has 0 aliphatic carbocycles. The lowest BCUT2D eigenvalue weighted by atomic mass is 10.1. The third-order valence-corrected chi connectivity index (χ3v) is 2.83. The number of benzene rings is 1. The highest BCUT2D eigenvalue weighted by molar-refractivity contribution is 5.98. The molecule has 4 heteroatoms. The Morgan fingerprint density at radius 1 is 1.59 bits per heavy atom. The third kappa shape index (κ3) is 2.26.